The molecule has 32 heavy (non-hydrogen) atoms. The quantitative estimate of drug-likeness (QED) is 0.381. The van der Waals surface area contributed by atoms with Crippen molar-refractivity contribution in [3.63, 3.8) is 0 Å². The highest BCUT2D eigenvalue weighted by atomic mass is 19.4. The third-order valence-electron chi connectivity index (χ3n) is 5.01. The zero-order chi connectivity index (χ0) is 23.7. The number of esters is 1. The van der Waals surface area contributed by atoms with E-state index >= 15 is 0 Å². The van der Waals surface area contributed by atoms with Gasteiger partial charge >= 0.3 is 18.3 Å². The molecule has 0 fully saturated rings. The zero-order valence-electron chi connectivity index (χ0n) is 16.8. The Morgan fingerprint density at radius 2 is 1.25 bits per heavy atom. The molecule has 0 aliphatic rings. The summed E-state index contributed by atoms with van der Waals surface area (Å²) in [7, 11) is 0. The van der Waals surface area contributed by atoms with Crippen molar-refractivity contribution >= 4 is 5.97 Å². The molecule has 1 heterocycles. The van der Waals surface area contributed by atoms with Crippen LogP contribution in [0.4, 0.5) is 26.3 Å². The first-order valence-electron chi connectivity index (χ1n) is 9.26. The van der Waals surface area contributed by atoms with Crippen molar-refractivity contribution in [1.29, 1.82) is 0 Å². The zero-order valence-corrected chi connectivity index (χ0v) is 16.8. The van der Waals surface area contributed by atoms with Crippen LogP contribution >= 0.6 is 0 Å². The largest absolute Gasteiger partial charge is 0.447 e. The van der Waals surface area contributed by atoms with Crippen molar-refractivity contribution in [1.82, 2.24) is 15.0 Å². The molecule has 0 aliphatic heterocycles. The summed E-state index contributed by atoms with van der Waals surface area (Å²) < 4.78 is 85.4. The summed E-state index contributed by atoms with van der Waals surface area (Å²) in [5, 5.41) is 7.56. The Kier molecular flexibility index (Phi) is 6.03. The monoisotopic (exact) mass is 457 g/mol. The summed E-state index contributed by atoms with van der Waals surface area (Å²) in [6.45, 7) is 2.66. The van der Waals surface area contributed by atoms with Crippen LogP contribution in [0.5, 0.6) is 0 Å². The molecule has 11 heteroatoms. The molecule has 1 unspecified atom stereocenters. The second-order valence-corrected chi connectivity index (χ2v) is 7.04. The number of benzene rings is 2. The van der Waals surface area contributed by atoms with E-state index in [2.05, 4.69) is 10.3 Å². The average molecular weight is 457 g/mol. The van der Waals surface area contributed by atoms with Gasteiger partial charge in [-0.1, -0.05) is 29.5 Å². The van der Waals surface area contributed by atoms with Crippen LogP contribution in [0.2, 0.25) is 0 Å². The third kappa shape index (κ3) is 4.46. The molecule has 0 spiro atoms. The second-order valence-electron chi connectivity index (χ2n) is 7.04. The van der Waals surface area contributed by atoms with Crippen LogP contribution in [0, 0.1) is 0 Å². The number of nitrogens with zero attached hydrogens (tertiary/aromatic N) is 3. The molecule has 170 valence electrons. The molecule has 2 aromatic carbocycles. The van der Waals surface area contributed by atoms with Crippen LogP contribution < -0.4 is 0 Å². The Labute approximate surface area is 178 Å². The lowest BCUT2D eigenvalue weighted by molar-refractivity contribution is -0.158. The molecule has 0 saturated carbocycles. The van der Waals surface area contributed by atoms with Gasteiger partial charge in [0.25, 0.3) is 0 Å². The third-order valence-corrected chi connectivity index (χ3v) is 5.01. The van der Waals surface area contributed by atoms with Gasteiger partial charge in [0, 0.05) is 24.2 Å². The predicted octanol–water partition coefficient (Wildman–Crippen LogP) is 5.38. The normalized spacial score (nSPS) is 13.6. The van der Waals surface area contributed by atoms with Crippen LogP contribution in [0.1, 0.15) is 42.1 Å². The molecule has 0 radical (unpaired) electrons. The summed E-state index contributed by atoms with van der Waals surface area (Å²) in [5.41, 5.74) is -3.43. The minimum absolute atomic E-state index is 0.114. The first kappa shape index (κ1) is 23.3. The van der Waals surface area contributed by atoms with Crippen molar-refractivity contribution in [2.75, 3.05) is 0 Å². The molecule has 1 aromatic heterocycles. The molecular weight excluding hydrogens is 440 g/mol. The summed E-state index contributed by atoms with van der Waals surface area (Å²) in [6.07, 6.45) is -6.42. The SMILES string of the molecule is CC(=O)OC(c1ccc(C(F)(F)F)cc1)(c1ccc(C(F)(F)F)cc1)C(C)n1ccnn1. The van der Waals surface area contributed by atoms with E-state index in [-0.39, 0.29) is 11.1 Å². The Morgan fingerprint density at radius 1 is 0.844 bits per heavy atom. The lowest BCUT2D eigenvalue weighted by atomic mass is 9.79. The highest BCUT2D eigenvalue weighted by Crippen LogP contribution is 2.44. The summed E-state index contributed by atoms with van der Waals surface area (Å²) >= 11 is 0. The molecule has 1 atom stereocenters. The minimum Gasteiger partial charge on any atom is -0.447 e. The first-order chi connectivity index (χ1) is 14.9. The number of carbonyl (C=O) groups excluding carboxylic acids is 1. The van der Waals surface area contributed by atoms with E-state index in [1.807, 2.05) is 0 Å². The van der Waals surface area contributed by atoms with Gasteiger partial charge in [-0.3, -0.25) is 4.79 Å². The molecule has 0 bridgehead atoms. The van der Waals surface area contributed by atoms with Crippen molar-refractivity contribution in [3.8, 4) is 0 Å². The molecule has 0 N–H and O–H groups in total. The van der Waals surface area contributed by atoms with Gasteiger partial charge in [0.15, 0.2) is 5.60 Å². The number of alkyl halides is 6. The number of carbonyl (C=O) groups is 1. The van der Waals surface area contributed by atoms with Crippen LogP contribution in [0.25, 0.3) is 0 Å². The Hall–Kier alpha value is -3.37. The number of ether oxygens (including phenoxy) is 1. The molecule has 0 amide bonds. The molecule has 0 aliphatic carbocycles. The fourth-order valence-corrected chi connectivity index (χ4v) is 3.50. The first-order valence-corrected chi connectivity index (χ1v) is 9.26. The van der Waals surface area contributed by atoms with E-state index in [0.29, 0.717) is 0 Å². The number of hydrogen-bond acceptors (Lipinski definition) is 4. The number of aromatic nitrogens is 3. The molecule has 3 aromatic rings. The van der Waals surface area contributed by atoms with Crippen molar-refractivity contribution in [2.24, 2.45) is 0 Å². The number of rotatable bonds is 5. The molecule has 5 nitrogen and oxygen atoms in total. The standard InChI is InChI=1S/C21H17F6N3O2/c1-13(30-12-11-28-29-30)19(32-14(2)31,15-3-7-17(8-4-15)20(22,23)24)16-5-9-18(10-6-16)21(25,26)27/h3-13H,1-2H3. The van der Waals surface area contributed by atoms with Gasteiger partial charge in [-0.2, -0.15) is 26.3 Å². The highest BCUT2D eigenvalue weighted by molar-refractivity contribution is 5.68. The minimum atomic E-state index is -4.60. The maximum Gasteiger partial charge on any atom is 0.416 e. The maximum atomic E-state index is 13.1. The van der Waals surface area contributed by atoms with Crippen LogP contribution in [-0.4, -0.2) is 21.0 Å². The van der Waals surface area contributed by atoms with Gasteiger partial charge in [0.05, 0.1) is 23.4 Å². The number of hydrogen-bond donors (Lipinski definition) is 0. The Balaban J connectivity index is 2.26. The topological polar surface area (TPSA) is 57.0 Å². The summed E-state index contributed by atoms with van der Waals surface area (Å²) in [5.74, 6) is -0.795. The lowest BCUT2D eigenvalue weighted by Gasteiger charge is -2.39. The van der Waals surface area contributed by atoms with Gasteiger partial charge in [-0.05, 0) is 31.2 Å². The van der Waals surface area contributed by atoms with E-state index in [1.54, 1.807) is 6.92 Å². The van der Waals surface area contributed by atoms with E-state index < -0.39 is 41.1 Å². The van der Waals surface area contributed by atoms with Crippen LogP contribution in [-0.2, 0) is 27.5 Å². The fraction of sp³-hybridized carbons (Fsp3) is 0.286. The lowest BCUT2D eigenvalue weighted by Crippen LogP contribution is -2.41. The predicted molar refractivity (Wildman–Crippen MR) is 100 cm³/mol. The fourth-order valence-electron chi connectivity index (χ4n) is 3.50. The van der Waals surface area contributed by atoms with Gasteiger partial charge in [-0.15, -0.1) is 5.10 Å². The van der Waals surface area contributed by atoms with Gasteiger partial charge in [0.2, 0.25) is 0 Å². The molecular formula is C21H17F6N3O2. The van der Waals surface area contributed by atoms with Crippen LogP contribution in [0.3, 0.4) is 0 Å². The van der Waals surface area contributed by atoms with E-state index in [1.165, 1.54) is 17.1 Å². The maximum absolute atomic E-state index is 13.1. The molecule has 3 rings (SSSR count). The van der Waals surface area contributed by atoms with Crippen molar-refractivity contribution in [2.45, 2.75) is 37.8 Å². The Bertz CT molecular complexity index is 1000. The second kappa shape index (κ2) is 8.29. The Morgan fingerprint density at radius 3 is 1.56 bits per heavy atom. The van der Waals surface area contributed by atoms with E-state index in [4.69, 9.17) is 4.74 Å². The summed E-state index contributed by atoms with van der Waals surface area (Å²) in [4.78, 5) is 12.1. The smallest absolute Gasteiger partial charge is 0.416 e. The molecule has 0 saturated heterocycles. The van der Waals surface area contributed by atoms with Crippen LogP contribution in [0.15, 0.2) is 60.9 Å². The van der Waals surface area contributed by atoms with Crippen molar-refractivity contribution < 1.29 is 35.9 Å². The van der Waals surface area contributed by atoms with E-state index in [0.717, 1.165) is 55.5 Å². The number of halogens is 6. The van der Waals surface area contributed by atoms with Crippen molar-refractivity contribution in [3.05, 3.63) is 83.2 Å². The highest BCUT2D eigenvalue weighted by Gasteiger charge is 2.46. The van der Waals surface area contributed by atoms with Gasteiger partial charge in [-0.25, -0.2) is 4.68 Å². The van der Waals surface area contributed by atoms with Gasteiger partial charge < -0.3 is 4.74 Å². The summed E-state index contributed by atoms with van der Waals surface area (Å²) in [6, 6.07) is 6.85. The van der Waals surface area contributed by atoms with Gasteiger partial charge in [0.1, 0.15) is 0 Å². The average Bonchev–Trinajstić information content (AvgIpc) is 3.25. The van der Waals surface area contributed by atoms with E-state index in [9.17, 15) is 31.1 Å².